The molecular weight excluding hydrogens is 544 g/mol. The summed E-state index contributed by atoms with van der Waals surface area (Å²) in [6.07, 6.45) is 5.06. The van der Waals surface area contributed by atoms with Crippen molar-refractivity contribution < 1.29 is 0 Å². The molecule has 0 N–H and O–H groups in total. The van der Waals surface area contributed by atoms with Crippen LogP contribution in [0.2, 0.25) is 0 Å². The lowest BCUT2D eigenvalue weighted by atomic mass is 9.98. The minimum atomic E-state index is 0.0694. The maximum absolute atomic E-state index is 5.06. The maximum Gasteiger partial charge on any atom is 0.0780 e. The highest BCUT2D eigenvalue weighted by Crippen LogP contribution is 2.24. The Labute approximate surface area is 186 Å². The van der Waals surface area contributed by atoms with Gasteiger partial charge in [0.2, 0.25) is 0 Å². The Morgan fingerprint density at radius 3 is 1.56 bits per heavy atom. The van der Waals surface area contributed by atoms with E-state index in [2.05, 4.69) is 86.3 Å². The first-order valence-electron chi connectivity index (χ1n) is 7.47. The standard InChI is InChI=1S/C10H11BrS.C6H10.C4H2Br2S/c1-10(2,3)5-4-9-6-8(11)7-12-9;1-5-6(2,3)4;5-3-1-4(6)7-2-3/h6-7H,1-3H3;1H,2-4H3;1-2H. The SMILES string of the molecule is Brc1csc(Br)c1.C#CC(C)(C)C.CC(C)(C)C#Cc1cc(Br)cs1. The maximum atomic E-state index is 5.06. The smallest absolute Gasteiger partial charge is 0.0780 e. The van der Waals surface area contributed by atoms with E-state index in [1.54, 1.807) is 22.7 Å². The molecule has 2 aromatic heterocycles. The van der Waals surface area contributed by atoms with E-state index in [1.165, 1.54) is 3.79 Å². The molecule has 0 saturated carbocycles. The van der Waals surface area contributed by atoms with Crippen LogP contribution in [0.3, 0.4) is 0 Å². The van der Waals surface area contributed by atoms with Gasteiger partial charge in [0.1, 0.15) is 0 Å². The average Bonchev–Trinajstić information content (AvgIpc) is 3.05. The van der Waals surface area contributed by atoms with Crippen molar-refractivity contribution in [2.45, 2.75) is 41.5 Å². The van der Waals surface area contributed by atoms with E-state index in [1.807, 2.05) is 43.7 Å². The monoisotopic (exact) mass is 564 g/mol. The molecule has 2 heterocycles. The van der Waals surface area contributed by atoms with E-state index in [9.17, 15) is 0 Å². The summed E-state index contributed by atoms with van der Waals surface area (Å²) in [4.78, 5) is 1.12. The summed E-state index contributed by atoms with van der Waals surface area (Å²) in [7, 11) is 0. The van der Waals surface area contributed by atoms with Crippen molar-refractivity contribution in [3.63, 3.8) is 0 Å². The third-order valence-corrected chi connectivity index (χ3v) is 5.97. The largest absolute Gasteiger partial charge is 0.136 e. The lowest BCUT2D eigenvalue weighted by Crippen LogP contribution is -1.98. The van der Waals surface area contributed by atoms with Crippen LogP contribution in [-0.4, -0.2) is 0 Å². The Balaban J connectivity index is 0.000000378. The summed E-state index contributed by atoms with van der Waals surface area (Å²) < 4.78 is 3.43. The molecule has 0 radical (unpaired) electrons. The van der Waals surface area contributed by atoms with Crippen molar-refractivity contribution in [3.8, 4) is 24.2 Å². The molecule has 0 unspecified atom stereocenters. The van der Waals surface area contributed by atoms with E-state index in [0.717, 1.165) is 13.8 Å². The fourth-order valence-corrected chi connectivity index (χ4v) is 4.17. The van der Waals surface area contributed by atoms with Crippen LogP contribution in [0.5, 0.6) is 0 Å². The van der Waals surface area contributed by atoms with Gasteiger partial charge in [0.25, 0.3) is 0 Å². The van der Waals surface area contributed by atoms with E-state index < -0.39 is 0 Å². The van der Waals surface area contributed by atoms with Gasteiger partial charge >= 0.3 is 0 Å². The Bertz CT molecular complexity index is 722. The minimum absolute atomic E-state index is 0.0694. The highest BCUT2D eigenvalue weighted by atomic mass is 79.9. The second-order valence-corrected chi connectivity index (χ2v) is 12.1. The van der Waals surface area contributed by atoms with Gasteiger partial charge in [-0.2, -0.15) is 0 Å². The van der Waals surface area contributed by atoms with Crippen molar-refractivity contribution in [1.82, 2.24) is 0 Å². The van der Waals surface area contributed by atoms with Crippen LogP contribution in [0.4, 0.5) is 0 Å². The predicted octanol–water partition coefficient (Wildman–Crippen LogP) is 8.85. The van der Waals surface area contributed by atoms with Crippen LogP contribution in [0, 0.1) is 35.0 Å². The lowest BCUT2D eigenvalue weighted by molar-refractivity contribution is 0.571. The van der Waals surface area contributed by atoms with Crippen molar-refractivity contribution in [1.29, 1.82) is 0 Å². The van der Waals surface area contributed by atoms with Crippen LogP contribution in [0.15, 0.2) is 35.6 Å². The third-order valence-electron chi connectivity index (χ3n) is 2.10. The van der Waals surface area contributed by atoms with Gasteiger partial charge in [0.05, 0.1) is 8.66 Å². The van der Waals surface area contributed by atoms with Crippen molar-refractivity contribution in [2.24, 2.45) is 10.8 Å². The molecule has 0 spiro atoms. The number of rotatable bonds is 0. The van der Waals surface area contributed by atoms with Gasteiger partial charge in [0.15, 0.2) is 0 Å². The molecule has 0 aliphatic heterocycles. The first kappa shape index (κ1) is 25.0. The molecule has 136 valence electrons. The molecule has 0 aliphatic carbocycles. The van der Waals surface area contributed by atoms with Gasteiger partial charge in [-0.15, -0.1) is 35.0 Å². The van der Waals surface area contributed by atoms with Gasteiger partial charge in [-0.3, -0.25) is 0 Å². The number of halogens is 3. The van der Waals surface area contributed by atoms with Crippen molar-refractivity contribution >= 4 is 70.5 Å². The normalized spacial score (nSPS) is 10.2. The van der Waals surface area contributed by atoms with E-state index in [0.29, 0.717) is 0 Å². The first-order valence-corrected chi connectivity index (χ1v) is 11.6. The molecule has 0 saturated heterocycles. The zero-order valence-corrected chi connectivity index (χ0v) is 21.7. The first-order chi connectivity index (χ1) is 11.3. The summed E-state index contributed by atoms with van der Waals surface area (Å²) in [5, 5.41) is 4.08. The lowest BCUT2D eigenvalue weighted by Gasteiger charge is -2.06. The van der Waals surface area contributed by atoms with Gasteiger partial charge < -0.3 is 0 Å². The molecule has 0 bridgehead atoms. The number of terminal acetylenes is 1. The van der Waals surface area contributed by atoms with E-state index in [4.69, 9.17) is 6.42 Å². The number of hydrogen-bond donors (Lipinski definition) is 0. The predicted molar refractivity (Wildman–Crippen MR) is 126 cm³/mol. The second kappa shape index (κ2) is 11.6. The molecular formula is C20H23Br3S2. The molecule has 0 fully saturated rings. The molecule has 0 atom stereocenters. The quantitative estimate of drug-likeness (QED) is 0.279. The topological polar surface area (TPSA) is 0 Å². The molecule has 5 heteroatoms. The van der Waals surface area contributed by atoms with Crippen molar-refractivity contribution in [2.75, 3.05) is 0 Å². The second-order valence-electron chi connectivity index (χ2n) is 7.09. The zero-order valence-electron chi connectivity index (χ0n) is 15.3. The van der Waals surface area contributed by atoms with Crippen LogP contribution >= 0.6 is 70.5 Å². The number of thiophene rings is 2. The van der Waals surface area contributed by atoms with Crippen LogP contribution in [-0.2, 0) is 0 Å². The Morgan fingerprint density at radius 1 is 0.840 bits per heavy atom. The molecule has 25 heavy (non-hydrogen) atoms. The van der Waals surface area contributed by atoms with Gasteiger partial charge in [-0.25, -0.2) is 0 Å². The summed E-state index contributed by atoms with van der Waals surface area (Å²) in [6, 6.07) is 4.06. The fraction of sp³-hybridized carbons (Fsp3) is 0.400. The summed E-state index contributed by atoms with van der Waals surface area (Å²) >= 11 is 13.4. The molecule has 0 nitrogen and oxygen atoms in total. The van der Waals surface area contributed by atoms with Crippen LogP contribution in [0.1, 0.15) is 46.4 Å². The minimum Gasteiger partial charge on any atom is -0.136 e. The Hall–Kier alpha value is -0.0400. The summed E-state index contributed by atoms with van der Waals surface area (Å²) in [5.41, 5.74) is 0.163. The van der Waals surface area contributed by atoms with Gasteiger partial charge in [-0.05, 0) is 101 Å². The highest BCUT2D eigenvalue weighted by molar-refractivity contribution is 9.11. The Morgan fingerprint density at radius 2 is 1.32 bits per heavy atom. The van der Waals surface area contributed by atoms with E-state index >= 15 is 0 Å². The molecule has 0 aromatic carbocycles. The fourth-order valence-electron chi connectivity index (χ4n) is 0.917. The molecule has 0 amide bonds. The molecule has 2 rings (SSSR count). The van der Waals surface area contributed by atoms with Gasteiger partial charge in [0, 0.05) is 30.5 Å². The highest BCUT2D eigenvalue weighted by Gasteiger charge is 2.03. The third kappa shape index (κ3) is 15.9. The van der Waals surface area contributed by atoms with Crippen LogP contribution in [0.25, 0.3) is 0 Å². The van der Waals surface area contributed by atoms with Crippen LogP contribution < -0.4 is 0 Å². The molecule has 2 aromatic rings. The van der Waals surface area contributed by atoms with Crippen molar-refractivity contribution in [3.05, 3.63) is 40.5 Å². The zero-order chi connectivity index (χ0) is 19.7. The Kier molecular flexibility index (Phi) is 11.6. The average molecular weight is 567 g/mol. The van der Waals surface area contributed by atoms with E-state index in [-0.39, 0.29) is 10.8 Å². The van der Waals surface area contributed by atoms with Gasteiger partial charge in [-0.1, -0.05) is 11.8 Å². The summed E-state index contributed by atoms with van der Waals surface area (Å²) in [6.45, 7) is 12.4. The molecule has 0 aliphatic rings. The summed E-state index contributed by atoms with van der Waals surface area (Å²) in [5.74, 6) is 8.94. The number of hydrogen-bond acceptors (Lipinski definition) is 2.